The number of rotatable bonds is 1. The van der Waals surface area contributed by atoms with Crippen molar-refractivity contribution in [3.05, 3.63) is 24.2 Å². The van der Waals surface area contributed by atoms with Crippen molar-refractivity contribution in [2.24, 2.45) is 0 Å². The van der Waals surface area contributed by atoms with Crippen molar-refractivity contribution >= 4 is 23.1 Å². The monoisotopic (exact) mass is 234 g/mol. The summed E-state index contributed by atoms with van der Waals surface area (Å²) in [4.78, 5) is 0. The number of thioether (sulfide) groups is 1. The van der Waals surface area contributed by atoms with Crippen LogP contribution in [0.1, 0.15) is 24.6 Å². The summed E-state index contributed by atoms with van der Waals surface area (Å²) in [6.07, 6.45) is 4.38. The summed E-state index contributed by atoms with van der Waals surface area (Å²) in [6.45, 7) is 0. The number of nitrogens with two attached hydrogens (primary N) is 1. The van der Waals surface area contributed by atoms with Crippen LogP contribution >= 0.6 is 11.8 Å². The van der Waals surface area contributed by atoms with E-state index in [1.54, 1.807) is 0 Å². The first-order chi connectivity index (χ1) is 7.84. The van der Waals surface area contributed by atoms with Crippen LogP contribution in [0, 0.1) is 0 Å². The Morgan fingerprint density at radius 3 is 2.94 bits per heavy atom. The van der Waals surface area contributed by atoms with Crippen LogP contribution < -0.4 is 5.73 Å². The van der Waals surface area contributed by atoms with Crippen molar-refractivity contribution in [1.29, 1.82) is 0 Å². The summed E-state index contributed by atoms with van der Waals surface area (Å²) in [5.41, 5.74) is 7.32. The molecule has 0 atom stereocenters. The molecule has 84 valence electrons. The number of aromatic nitrogens is 3. The molecule has 0 spiro atoms. The number of nitrogen functional groups attached to an aromatic ring is 1. The lowest BCUT2D eigenvalue weighted by molar-refractivity contribution is 0.592. The van der Waals surface area contributed by atoms with Crippen molar-refractivity contribution in [2.75, 3.05) is 17.2 Å². The minimum Gasteiger partial charge on any atom is -0.399 e. The number of pyridine rings is 1. The van der Waals surface area contributed by atoms with E-state index >= 15 is 0 Å². The summed E-state index contributed by atoms with van der Waals surface area (Å²) < 4.78 is 2.07. The van der Waals surface area contributed by atoms with Gasteiger partial charge in [0.1, 0.15) is 5.82 Å². The molecule has 5 heteroatoms. The minimum absolute atomic E-state index is 0.555. The van der Waals surface area contributed by atoms with Gasteiger partial charge < -0.3 is 5.73 Å². The van der Waals surface area contributed by atoms with E-state index in [9.17, 15) is 0 Å². The van der Waals surface area contributed by atoms with E-state index in [-0.39, 0.29) is 0 Å². The maximum Gasteiger partial charge on any atom is 0.162 e. The Bertz CT molecular complexity index is 502. The van der Waals surface area contributed by atoms with Gasteiger partial charge >= 0.3 is 0 Å². The highest BCUT2D eigenvalue weighted by molar-refractivity contribution is 7.99. The molecule has 0 bridgehead atoms. The lowest BCUT2D eigenvalue weighted by atomic mass is 10.0. The predicted octanol–water partition coefficient (Wildman–Crippen LogP) is 1.92. The molecule has 16 heavy (non-hydrogen) atoms. The third-order valence-electron chi connectivity index (χ3n) is 3.05. The Morgan fingerprint density at radius 1 is 1.31 bits per heavy atom. The van der Waals surface area contributed by atoms with E-state index in [0.717, 1.165) is 17.2 Å². The smallest absolute Gasteiger partial charge is 0.162 e. The molecule has 3 rings (SSSR count). The first-order valence-electron chi connectivity index (χ1n) is 5.52. The van der Waals surface area contributed by atoms with Gasteiger partial charge in [0.2, 0.25) is 0 Å². The third kappa shape index (κ3) is 1.65. The summed E-state index contributed by atoms with van der Waals surface area (Å²) in [6, 6.07) is 3.77. The molecule has 2 aromatic rings. The third-order valence-corrected chi connectivity index (χ3v) is 4.10. The highest BCUT2D eigenvalue weighted by Crippen LogP contribution is 2.30. The maximum atomic E-state index is 5.73. The molecule has 0 saturated carbocycles. The minimum atomic E-state index is 0.555. The van der Waals surface area contributed by atoms with Crippen molar-refractivity contribution in [2.45, 2.75) is 18.8 Å². The molecule has 3 heterocycles. The second kappa shape index (κ2) is 3.97. The van der Waals surface area contributed by atoms with Crippen molar-refractivity contribution in [1.82, 2.24) is 14.6 Å². The van der Waals surface area contributed by atoms with Crippen LogP contribution in [-0.4, -0.2) is 26.1 Å². The summed E-state index contributed by atoms with van der Waals surface area (Å²) in [5.74, 6) is 4.11. The molecule has 2 N–H and O–H groups in total. The fourth-order valence-electron chi connectivity index (χ4n) is 2.16. The second-order valence-corrected chi connectivity index (χ2v) is 5.36. The van der Waals surface area contributed by atoms with E-state index in [2.05, 4.69) is 14.6 Å². The lowest BCUT2D eigenvalue weighted by Crippen LogP contribution is -2.11. The SMILES string of the molecule is Nc1ccn2c(C3CCSCC3)nnc2c1. The van der Waals surface area contributed by atoms with E-state index in [4.69, 9.17) is 5.73 Å². The average molecular weight is 234 g/mol. The quantitative estimate of drug-likeness (QED) is 0.819. The maximum absolute atomic E-state index is 5.73. The molecule has 0 unspecified atom stereocenters. The molecule has 0 aromatic carbocycles. The van der Waals surface area contributed by atoms with Crippen LogP contribution in [-0.2, 0) is 0 Å². The number of hydrogen-bond acceptors (Lipinski definition) is 4. The number of anilines is 1. The first kappa shape index (κ1) is 9.96. The van der Waals surface area contributed by atoms with E-state index in [1.165, 1.54) is 24.3 Å². The molecule has 1 aliphatic heterocycles. The van der Waals surface area contributed by atoms with Gasteiger partial charge in [-0.05, 0) is 30.4 Å². The fourth-order valence-corrected chi connectivity index (χ4v) is 3.27. The molecular weight excluding hydrogens is 220 g/mol. The molecule has 0 amide bonds. The van der Waals surface area contributed by atoms with Crippen molar-refractivity contribution < 1.29 is 0 Å². The molecule has 1 aliphatic rings. The highest BCUT2D eigenvalue weighted by atomic mass is 32.2. The largest absolute Gasteiger partial charge is 0.399 e. The van der Waals surface area contributed by atoms with Gasteiger partial charge in [-0.1, -0.05) is 0 Å². The number of hydrogen-bond donors (Lipinski definition) is 1. The number of nitrogens with zero attached hydrogens (tertiary/aromatic N) is 3. The zero-order valence-corrected chi connectivity index (χ0v) is 9.78. The van der Waals surface area contributed by atoms with Crippen LogP contribution in [0.15, 0.2) is 18.3 Å². The number of fused-ring (bicyclic) bond motifs is 1. The Labute approximate surface area is 98.2 Å². The topological polar surface area (TPSA) is 56.2 Å². The first-order valence-corrected chi connectivity index (χ1v) is 6.68. The zero-order chi connectivity index (χ0) is 11.0. The van der Waals surface area contributed by atoms with Gasteiger partial charge in [0.25, 0.3) is 0 Å². The highest BCUT2D eigenvalue weighted by Gasteiger charge is 2.20. The van der Waals surface area contributed by atoms with Gasteiger partial charge in [-0.15, -0.1) is 10.2 Å². The normalized spacial score (nSPS) is 18.0. The summed E-state index contributed by atoms with van der Waals surface area (Å²) in [5, 5.41) is 8.49. The summed E-state index contributed by atoms with van der Waals surface area (Å²) in [7, 11) is 0. The van der Waals surface area contributed by atoms with E-state index in [0.29, 0.717) is 5.92 Å². The molecule has 4 nitrogen and oxygen atoms in total. The van der Waals surface area contributed by atoms with Crippen molar-refractivity contribution in [3.8, 4) is 0 Å². The lowest BCUT2D eigenvalue weighted by Gasteiger charge is -2.19. The molecular formula is C11H14N4S. The Kier molecular flexibility index (Phi) is 2.47. The van der Waals surface area contributed by atoms with Crippen LogP contribution in [0.2, 0.25) is 0 Å². The molecule has 2 aromatic heterocycles. The van der Waals surface area contributed by atoms with Gasteiger partial charge in [-0.2, -0.15) is 11.8 Å². The van der Waals surface area contributed by atoms with Gasteiger partial charge in [0.05, 0.1) is 0 Å². The molecule has 1 saturated heterocycles. The Hall–Kier alpha value is -1.23. The Balaban J connectivity index is 2.03. The van der Waals surface area contributed by atoms with Crippen LogP contribution in [0.25, 0.3) is 5.65 Å². The zero-order valence-electron chi connectivity index (χ0n) is 8.97. The van der Waals surface area contributed by atoms with Crippen LogP contribution in [0.3, 0.4) is 0 Å². The van der Waals surface area contributed by atoms with E-state index in [1.807, 2.05) is 30.1 Å². The van der Waals surface area contributed by atoms with Gasteiger partial charge in [-0.3, -0.25) is 4.40 Å². The fraction of sp³-hybridized carbons (Fsp3) is 0.455. The standard InChI is InChI=1S/C11H14N4S/c12-9-1-4-15-10(7-9)13-14-11(15)8-2-5-16-6-3-8/h1,4,7-8H,2-3,5-6,12H2. The molecule has 1 fully saturated rings. The predicted molar refractivity (Wildman–Crippen MR) is 66.7 cm³/mol. The van der Waals surface area contributed by atoms with Gasteiger partial charge in [0, 0.05) is 23.9 Å². The summed E-state index contributed by atoms with van der Waals surface area (Å²) >= 11 is 2.03. The van der Waals surface area contributed by atoms with E-state index < -0.39 is 0 Å². The van der Waals surface area contributed by atoms with Gasteiger partial charge in [0.15, 0.2) is 5.65 Å². The molecule has 0 radical (unpaired) electrons. The van der Waals surface area contributed by atoms with Crippen LogP contribution in [0.5, 0.6) is 0 Å². The Morgan fingerprint density at radius 2 is 2.12 bits per heavy atom. The average Bonchev–Trinajstić information content (AvgIpc) is 2.73. The van der Waals surface area contributed by atoms with Crippen molar-refractivity contribution in [3.63, 3.8) is 0 Å². The van der Waals surface area contributed by atoms with Gasteiger partial charge in [-0.25, -0.2) is 0 Å². The van der Waals surface area contributed by atoms with Crippen LogP contribution in [0.4, 0.5) is 5.69 Å². The molecule has 0 aliphatic carbocycles. The second-order valence-electron chi connectivity index (χ2n) is 4.13.